The second-order valence-electron chi connectivity index (χ2n) is 7.02. The summed E-state index contributed by atoms with van der Waals surface area (Å²) in [6.07, 6.45) is 2.75. The number of hydrogen-bond acceptors (Lipinski definition) is 8. The van der Waals surface area contributed by atoms with Crippen LogP contribution in [-0.2, 0) is 9.73 Å². The van der Waals surface area contributed by atoms with Gasteiger partial charge in [0.1, 0.15) is 9.09 Å². The highest BCUT2D eigenvalue weighted by atomic mass is 35.5. The molecule has 0 saturated carbocycles. The SMILES string of the molecule is CC1CS(=N)(=O)c2cc(NC(=O)c3cc([N+](=O)[O-])c(Sc4c(Cl)cncc4Cl)s3)ccc21. The molecule has 3 heterocycles. The molecule has 2 aromatic heterocycles. The number of nitrogens with zero attached hydrogens (tertiary/aromatic N) is 2. The Labute approximate surface area is 201 Å². The zero-order valence-corrected chi connectivity index (χ0v) is 20.2. The Balaban J connectivity index is 1.63. The minimum atomic E-state index is -2.91. The predicted molar refractivity (Wildman–Crippen MR) is 126 cm³/mol. The Hall–Kier alpha value is -2.18. The van der Waals surface area contributed by atoms with E-state index in [4.69, 9.17) is 28.0 Å². The highest BCUT2D eigenvalue weighted by Gasteiger charge is 2.30. The maximum Gasteiger partial charge on any atom is 0.294 e. The van der Waals surface area contributed by atoms with Gasteiger partial charge in [0.2, 0.25) is 0 Å². The van der Waals surface area contributed by atoms with E-state index in [0.29, 0.717) is 15.5 Å². The summed E-state index contributed by atoms with van der Waals surface area (Å²) in [5.41, 5.74) is 0.957. The molecule has 1 aromatic carbocycles. The number of rotatable bonds is 5. The highest BCUT2D eigenvalue weighted by Crippen LogP contribution is 2.46. The fourth-order valence-electron chi connectivity index (χ4n) is 3.30. The lowest BCUT2D eigenvalue weighted by Gasteiger charge is -2.07. The molecule has 13 heteroatoms. The first kappa shape index (κ1) is 23.0. The molecule has 3 aromatic rings. The lowest BCUT2D eigenvalue weighted by atomic mass is 10.0. The number of nitro groups is 1. The van der Waals surface area contributed by atoms with E-state index in [1.54, 1.807) is 18.2 Å². The summed E-state index contributed by atoms with van der Waals surface area (Å²) in [4.78, 5) is 28.6. The van der Waals surface area contributed by atoms with Crippen LogP contribution in [0.1, 0.15) is 28.1 Å². The molecular formula is C19H14Cl2N4O4S3. The van der Waals surface area contributed by atoms with E-state index in [-0.39, 0.29) is 36.5 Å². The van der Waals surface area contributed by atoms with Crippen molar-refractivity contribution in [1.82, 2.24) is 4.98 Å². The van der Waals surface area contributed by atoms with Crippen LogP contribution in [0.4, 0.5) is 11.4 Å². The molecular weight excluding hydrogens is 515 g/mol. The third-order valence-corrected chi connectivity index (χ3v) is 10.0. The third kappa shape index (κ3) is 4.35. The average molecular weight is 529 g/mol. The number of fused-ring (bicyclic) bond motifs is 1. The quantitative estimate of drug-likeness (QED) is 0.296. The molecule has 4 rings (SSSR count). The summed E-state index contributed by atoms with van der Waals surface area (Å²) >= 11 is 14.2. The molecule has 0 spiro atoms. The van der Waals surface area contributed by atoms with Crippen molar-refractivity contribution >= 4 is 73.3 Å². The molecule has 0 bridgehead atoms. The molecule has 32 heavy (non-hydrogen) atoms. The molecule has 1 amide bonds. The van der Waals surface area contributed by atoms with Crippen molar-refractivity contribution < 1.29 is 13.9 Å². The van der Waals surface area contributed by atoms with E-state index in [1.165, 1.54) is 18.5 Å². The molecule has 166 valence electrons. The van der Waals surface area contributed by atoms with Crippen molar-refractivity contribution in [3.05, 3.63) is 67.3 Å². The van der Waals surface area contributed by atoms with Crippen molar-refractivity contribution in [2.24, 2.45) is 0 Å². The van der Waals surface area contributed by atoms with Crippen LogP contribution in [0.2, 0.25) is 10.0 Å². The number of pyridine rings is 1. The first-order valence-corrected chi connectivity index (χ1v) is 13.2. The van der Waals surface area contributed by atoms with Gasteiger partial charge in [-0.05, 0) is 23.6 Å². The zero-order chi connectivity index (χ0) is 23.2. The second-order valence-corrected chi connectivity index (χ2v) is 12.3. The van der Waals surface area contributed by atoms with Gasteiger partial charge in [0.05, 0.1) is 34.5 Å². The van der Waals surface area contributed by atoms with Gasteiger partial charge in [-0.3, -0.25) is 19.9 Å². The number of thiophene rings is 1. The fraction of sp³-hybridized carbons (Fsp3) is 0.158. The van der Waals surface area contributed by atoms with Crippen LogP contribution in [0.15, 0.2) is 50.7 Å². The summed E-state index contributed by atoms with van der Waals surface area (Å²) in [6.45, 7) is 1.91. The normalized spacial score (nSPS) is 19.5. The summed E-state index contributed by atoms with van der Waals surface area (Å²) in [5, 5.41) is 14.7. The average Bonchev–Trinajstić information content (AvgIpc) is 3.24. The zero-order valence-electron chi connectivity index (χ0n) is 16.3. The number of halogens is 2. The second kappa shape index (κ2) is 8.64. The number of nitrogens with one attached hydrogen (secondary N) is 2. The van der Waals surface area contributed by atoms with Crippen molar-refractivity contribution in [1.29, 1.82) is 4.78 Å². The minimum absolute atomic E-state index is 0.00566. The topological polar surface area (TPSA) is 126 Å². The fourth-order valence-corrected chi connectivity index (χ4v) is 8.08. The third-order valence-electron chi connectivity index (χ3n) is 4.75. The van der Waals surface area contributed by atoms with Crippen molar-refractivity contribution in [3.63, 3.8) is 0 Å². The maximum absolute atomic E-state index is 12.8. The lowest BCUT2D eigenvalue weighted by Crippen LogP contribution is -2.10. The Bertz CT molecular complexity index is 1350. The van der Waals surface area contributed by atoms with Crippen LogP contribution < -0.4 is 5.32 Å². The van der Waals surface area contributed by atoms with E-state index in [2.05, 4.69) is 10.3 Å². The predicted octanol–water partition coefficient (Wildman–Crippen LogP) is 6.28. The van der Waals surface area contributed by atoms with E-state index in [1.807, 2.05) is 6.92 Å². The molecule has 2 unspecified atom stereocenters. The van der Waals surface area contributed by atoms with Crippen molar-refractivity contribution in [2.75, 3.05) is 11.1 Å². The Morgan fingerprint density at radius 3 is 2.69 bits per heavy atom. The van der Waals surface area contributed by atoms with Gasteiger partial charge in [-0.2, -0.15) is 0 Å². The molecule has 0 fully saturated rings. The number of carbonyl (C=O) groups excluding carboxylic acids is 1. The number of hydrogen-bond donors (Lipinski definition) is 2. The first-order chi connectivity index (χ1) is 15.1. The number of aromatic nitrogens is 1. The molecule has 1 aliphatic rings. The van der Waals surface area contributed by atoms with Crippen LogP contribution in [0, 0.1) is 14.9 Å². The number of amides is 1. The van der Waals surface area contributed by atoms with Crippen LogP contribution >= 0.6 is 46.3 Å². The lowest BCUT2D eigenvalue weighted by molar-refractivity contribution is -0.387. The van der Waals surface area contributed by atoms with E-state index < -0.39 is 20.6 Å². The Morgan fingerprint density at radius 1 is 1.34 bits per heavy atom. The van der Waals surface area contributed by atoms with Crippen molar-refractivity contribution in [2.45, 2.75) is 26.8 Å². The van der Waals surface area contributed by atoms with Gasteiger partial charge in [0.25, 0.3) is 11.6 Å². The smallest absolute Gasteiger partial charge is 0.294 e. The maximum atomic E-state index is 12.8. The van der Waals surface area contributed by atoms with E-state index in [0.717, 1.165) is 28.7 Å². The van der Waals surface area contributed by atoms with Crippen LogP contribution in [0.5, 0.6) is 0 Å². The first-order valence-electron chi connectivity index (χ1n) is 9.03. The molecule has 0 saturated heterocycles. The molecule has 2 N–H and O–H groups in total. The van der Waals surface area contributed by atoms with Crippen molar-refractivity contribution in [3.8, 4) is 0 Å². The van der Waals surface area contributed by atoms with Crippen LogP contribution in [0.25, 0.3) is 0 Å². The van der Waals surface area contributed by atoms with Gasteiger partial charge in [0.15, 0.2) is 0 Å². The molecule has 8 nitrogen and oxygen atoms in total. The monoisotopic (exact) mass is 528 g/mol. The van der Waals surface area contributed by atoms with Gasteiger partial charge in [-0.25, -0.2) is 8.99 Å². The van der Waals surface area contributed by atoms with Gasteiger partial charge in [0, 0.05) is 29.9 Å². The van der Waals surface area contributed by atoms with Crippen LogP contribution in [0.3, 0.4) is 0 Å². The molecule has 0 radical (unpaired) electrons. The van der Waals surface area contributed by atoms with Gasteiger partial charge < -0.3 is 5.32 Å². The highest BCUT2D eigenvalue weighted by molar-refractivity contribution is 8.01. The summed E-state index contributed by atoms with van der Waals surface area (Å²) < 4.78 is 20.8. The molecule has 2 atom stereocenters. The molecule has 0 aliphatic carbocycles. The molecule has 1 aliphatic heterocycles. The number of carbonyl (C=O) groups is 1. The Kier molecular flexibility index (Phi) is 6.21. The van der Waals surface area contributed by atoms with Crippen LogP contribution in [-0.4, -0.2) is 25.8 Å². The van der Waals surface area contributed by atoms with E-state index >= 15 is 0 Å². The standard InChI is InChI=1S/C19H14Cl2N4O4S3/c1-9-8-32(22,29)16-4-10(2-3-11(9)16)24-18(26)15-5-14(25(27)28)19(30-15)31-17-12(20)6-23-7-13(17)21/h2-7,9,22H,8H2,1H3,(H,24,26). The summed E-state index contributed by atoms with van der Waals surface area (Å²) in [5.74, 6) is -0.303. The summed E-state index contributed by atoms with van der Waals surface area (Å²) in [7, 11) is -2.91. The number of anilines is 1. The Morgan fingerprint density at radius 2 is 2.03 bits per heavy atom. The largest absolute Gasteiger partial charge is 0.321 e. The number of benzene rings is 1. The minimum Gasteiger partial charge on any atom is -0.321 e. The van der Waals surface area contributed by atoms with Gasteiger partial charge >= 0.3 is 0 Å². The van der Waals surface area contributed by atoms with Gasteiger partial charge in [-0.15, -0.1) is 11.3 Å². The van der Waals surface area contributed by atoms with Gasteiger partial charge in [-0.1, -0.05) is 48.0 Å². The van der Waals surface area contributed by atoms with E-state index in [9.17, 15) is 19.1 Å². The summed E-state index contributed by atoms with van der Waals surface area (Å²) in [6, 6.07) is 6.15.